The van der Waals surface area contributed by atoms with E-state index in [-0.39, 0.29) is 6.10 Å². The Hall–Kier alpha value is -1.87. The molecule has 0 amide bonds. The zero-order valence-electron chi connectivity index (χ0n) is 11.2. The van der Waals surface area contributed by atoms with Gasteiger partial charge in [-0.3, -0.25) is 0 Å². The molecule has 0 bridgehead atoms. The SMILES string of the molecule is Cc1ccc2c(c1)CC(COc1ccc(N)c(Cl)c1)O2. The summed E-state index contributed by atoms with van der Waals surface area (Å²) in [5, 5.41) is 0.508. The maximum Gasteiger partial charge on any atom is 0.137 e. The maximum atomic E-state index is 5.96. The summed E-state index contributed by atoms with van der Waals surface area (Å²) >= 11 is 5.96. The van der Waals surface area contributed by atoms with Crippen molar-refractivity contribution in [2.75, 3.05) is 12.3 Å². The van der Waals surface area contributed by atoms with E-state index < -0.39 is 0 Å². The first kappa shape index (κ1) is 13.1. The van der Waals surface area contributed by atoms with Gasteiger partial charge in [0.15, 0.2) is 0 Å². The van der Waals surface area contributed by atoms with Gasteiger partial charge in [0.05, 0.1) is 10.7 Å². The lowest BCUT2D eigenvalue weighted by molar-refractivity contribution is 0.148. The molecule has 0 radical (unpaired) electrons. The first-order valence-electron chi connectivity index (χ1n) is 6.56. The van der Waals surface area contributed by atoms with Crippen LogP contribution in [0.1, 0.15) is 11.1 Å². The Morgan fingerprint density at radius 3 is 2.95 bits per heavy atom. The molecule has 0 aliphatic carbocycles. The van der Waals surface area contributed by atoms with E-state index in [9.17, 15) is 0 Å². The minimum Gasteiger partial charge on any atom is -0.490 e. The fourth-order valence-corrected chi connectivity index (χ4v) is 2.50. The molecule has 1 aliphatic heterocycles. The fraction of sp³-hybridized carbons (Fsp3) is 0.250. The Labute approximate surface area is 123 Å². The van der Waals surface area contributed by atoms with Crippen molar-refractivity contribution >= 4 is 17.3 Å². The van der Waals surface area contributed by atoms with E-state index in [2.05, 4.69) is 19.1 Å². The van der Waals surface area contributed by atoms with Crippen LogP contribution in [0, 0.1) is 6.92 Å². The highest BCUT2D eigenvalue weighted by atomic mass is 35.5. The molecular formula is C16H16ClNO2. The average molecular weight is 290 g/mol. The van der Waals surface area contributed by atoms with E-state index in [0.29, 0.717) is 23.1 Å². The van der Waals surface area contributed by atoms with Crippen molar-refractivity contribution in [1.29, 1.82) is 0 Å². The van der Waals surface area contributed by atoms with Gasteiger partial charge in [-0.05, 0) is 30.7 Å². The highest BCUT2D eigenvalue weighted by molar-refractivity contribution is 6.33. The lowest BCUT2D eigenvalue weighted by atomic mass is 10.1. The van der Waals surface area contributed by atoms with Gasteiger partial charge in [-0.25, -0.2) is 0 Å². The average Bonchev–Trinajstić information content (AvgIpc) is 2.82. The van der Waals surface area contributed by atoms with Crippen LogP contribution in [0.3, 0.4) is 0 Å². The molecule has 0 spiro atoms. The molecule has 2 aromatic carbocycles. The van der Waals surface area contributed by atoms with Crippen molar-refractivity contribution < 1.29 is 9.47 Å². The van der Waals surface area contributed by atoms with Crippen molar-refractivity contribution in [3.8, 4) is 11.5 Å². The summed E-state index contributed by atoms with van der Waals surface area (Å²) in [5.74, 6) is 1.67. The maximum absolute atomic E-state index is 5.96. The standard InChI is InChI=1S/C16H16ClNO2/c1-10-2-5-16-11(6-10)7-13(20-16)9-19-12-3-4-15(18)14(17)8-12/h2-6,8,13H,7,9,18H2,1H3. The van der Waals surface area contributed by atoms with Gasteiger partial charge in [0.25, 0.3) is 0 Å². The second-order valence-electron chi connectivity index (χ2n) is 5.05. The lowest BCUT2D eigenvalue weighted by Crippen LogP contribution is -2.22. The third-order valence-corrected chi connectivity index (χ3v) is 3.69. The second-order valence-corrected chi connectivity index (χ2v) is 5.46. The first-order chi connectivity index (χ1) is 9.61. The number of ether oxygens (including phenoxy) is 2. The van der Waals surface area contributed by atoms with E-state index in [1.54, 1.807) is 12.1 Å². The zero-order valence-corrected chi connectivity index (χ0v) is 12.0. The molecule has 1 atom stereocenters. The summed E-state index contributed by atoms with van der Waals surface area (Å²) in [6.45, 7) is 2.58. The first-order valence-corrected chi connectivity index (χ1v) is 6.93. The summed E-state index contributed by atoms with van der Waals surface area (Å²) in [7, 11) is 0. The topological polar surface area (TPSA) is 44.5 Å². The van der Waals surface area contributed by atoms with Crippen molar-refractivity contribution in [1.82, 2.24) is 0 Å². The van der Waals surface area contributed by atoms with Crippen LogP contribution in [0.15, 0.2) is 36.4 Å². The monoisotopic (exact) mass is 289 g/mol. The zero-order chi connectivity index (χ0) is 14.1. The Morgan fingerprint density at radius 2 is 2.15 bits per heavy atom. The number of fused-ring (bicyclic) bond motifs is 1. The largest absolute Gasteiger partial charge is 0.490 e. The molecule has 0 fully saturated rings. The fourth-order valence-electron chi connectivity index (χ4n) is 2.33. The van der Waals surface area contributed by atoms with Crippen molar-refractivity contribution in [2.24, 2.45) is 0 Å². The van der Waals surface area contributed by atoms with Gasteiger partial charge in [-0.15, -0.1) is 0 Å². The molecule has 104 valence electrons. The minimum absolute atomic E-state index is 0.0446. The number of halogens is 1. The summed E-state index contributed by atoms with van der Waals surface area (Å²) in [6.07, 6.45) is 0.919. The summed E-state index contributed by atoms with van der Waals surface area (Å²) < 4.78 is 11.6. The molecule has 3 rings (SSSR count). The molecule has 2 N–H and O–H groups in total. The molecule has 0 aromatic heterocycles. The molecule has 0 saturated carbocycles. The van der Waals surface area contributed by atoms with Crippen LogP contribution in [-0.4, -0.2) is 12.7 Å². The van der Waals surface area contributed by atoms with Gasteiger partial charge in [0.1, 0.15) is 24.2 Å². The van der Waals surface area contributed by atoms with Crippen LogP contribution in [0.2, 0.25) is 5.02 Å². The number of hydrogen-bond donors (Lipinski definition) is 1. The summed E-state index contributed by atoms with van der Waals surface area (Å²) in [5.41, 5.74) is 8.71. The summed E-state index contributed by atoms with van der Waals surface area (Å²) in [6, 6.07) is 11.5. The van der Waals surface area contributed by atoms with Gasteiger partial charge in [-0.1, -0.05) is 29.3 Å². The third kappa shape index (κ3) is 2.68. The minimum atomic E-state index is 0.0446. The molecule has 0 saturated heterocycles. The molecule has 1 aliphatic rings. The Morgan fingerprint density at radius 1 is 1.30 bits per heavy atom. The van der Waals surface area contributed by atoms with Crippen molar-refractivity contribution in [3.63, 3.8) is 0 Å². The van der Waals surface area contributed by atoms with E-state index in [1.807, 2.05) is 12.1 Å². The number of aryl methyl sites for hydroxylation is 1. The molecule has 1 unspecified atom stereocenters. The predicted molar refractivity (Wildman–Crippen MR) is 80.7 cm³/mol. The van der Waals surface area contributed by atoms with Gasteiger partial charge in [0.2, 0.25) is 0 Å². The highest BCUT2D eigenvalue weighted by Gasteiger charge is 2.23. The third-order valence-electron chi connectivity index (χ3n) is 3.37. The van der Waals surface area contributed by atoms with Crippen LogP contribution in [0.5, 0.6) is 11.5 Å². The molecule has 4 heteroatoms. The summed E-state index contributed by atoms with van der Waals surface area (Å²) in [4.78, 5) is 0. The van der Waals surface area contributed by atoms with Crippen LogP contribution in [0.4, 0.5) is 5.69 Å². The second kappa shape index (κ2) is 5.25. The van der Waals surface area contributed by atoms with Crippen LogP contribution < -0.4 is 15.2 Å². The quantitative estimate of drug-likeness (QED) is 0.878. The molecule has 3 nitrogen and oxygen atoms in total. The molecular weight excluding hydrogens is 274 g/mol. The van der Waals surface area contributed by atoms with E-state index in [4.69, 9.17) is 26.8 Å². The number of hydrogen-bond acceptors (Lipinski definition) is 3. The molecule has 20 heavy (non-hydrogen) atoms. The number of benzene rings is 2. The Bertz CT molecular complexity index is 642. The number of rotatable bonds is 3. The van der Waals surface area contributed by atoms with E-state index in [1.165, 1.54) is 11.1 Å². The number of nitrogen functional groups attached to an aromatic ring is 1. The van der Waals surface area contributed by atoms with E-state index in [0.717, 1.165) is 12.2 Å². The molecule has 2 aromatic rings. The van der Waals surface area contributed by atoms with Crippen molar-refractivity contribution in [2.45, 2.75) is 19.4 Å². The Balaban J connectivity index is 1.62. The lowest BCUT2D eigenvalue weighted by Gasteiger charge is -2.12. The van der Waals surface area contributed by atoms with Gasteiger partial charge in [-0.2, -0.15) is 0 Å². The number of anilines is 1. The van der Waals surface area contributed by atoms with E-state index >= 15 is 0 Å². The normalized spacial score (nSPS) is 16.6. The predicted octanol–water partition coefficient (Wildman–Crippen LogP) is 3.61. The van der Waals surface area contributed by atoms with Crippen LogP contribution >= 0.6 is 11.6 Å². The smallest absolute Gasteiger partial charge is 0.137 e. The van der Waals surface area contributed by atoms with Gasteiger partial charge >= 0.3 is 0 Å². The highest BCUT2D eigenvalue weighted by Crippen LogP contribution is 2.30. The van der Waals surface area contributed by atoms with Crippen LogP contribution in [-0.2, 0) is 6.42 Å². The Kier molecular flexibility index (Phi) is 3.45. The van der Waals surface area contributed by atoms with Crippen LogP contribution in [0.25, 0.3) is 0 Å². The van der Waals surface area contributed by atoms with Gasteiger partial charge in [0, 0.05) is 12.5 Å². The van der Waals surface area contributed by atoms with Gasteiger partial charge < -0.3 is 15.2 Å². The number of nitrogens with two attached hydrogens (primary N) is 1. The molecule has 1 heterocycles. The van der Waals surface area contributed by atoms with Crippen molar-refractivity contribution in [3.05, 3.63) is 52.5 Å².